The Balaban J connectivity index is 1.80. The number of hydrogen-bond donors (Lipinski definition) is 1. The molecule has 1 N–H and O–H groups in total. The van der Waals surface area contributed by atoms with Crippen molar-refractivity contribution in [3.63, 3.8) is 0 Å². The quantitative estimate of drug-likeness (QED) is 0.911. The first kappa shape index (κ1) is 14.0. The molecule has 2 aliphatic rings. The summed E-state index contributed by atoms with van der Waals surface area (Å²) in [6.45, 7) is 1.93. The Hall–Kier alpha value is -1.00. The van der Waals surface area contributed by atoms with Gasteiger partial charge in [-0.15, -0.1) is 0 Å². The molecular formula is C16H22F2N2. The molecule has 0 radical (unpaired) electrons. The number of hydrogen-bond acceptors (Lipinski definition) is 2. The van der Waals surface area contributed by atoms with Gasteiger partial charge in [0.1, 0.15) is 11.6 Å². The van der Waals surface area contributed by atoms with Gasteiger partial charge in [0.25, 0.3) is 0 Å². The monoisotopic (exact) mass is 280 g/mol. The molecule has 1 saturated heterocycles. The normalized spacial score (nSPS) is 27.8. The molecule has 0 aromatic heterocycles. The van der Waals surface area contributed by atoms with E-state index in [-0.39, 0.29) is 6.04 Å². The Bertz CT molecular complexity index is 453. The SMILES string of the molecule is CN1CCCC(CNC2CC2)C1c1cc(F)cc(F)c1. The zero-order valence-electron chi connectivity index (χ0n) is 11.9. The van der Waals surface area contributed by atoms with Crippen LogP contribution in [0, 0.1) is 17.6 Å². The first-order valence-corrected chi connectivity index (χ1v) is 7.53. The first-order valence-electron chi connectivity index (χ1n) is 7.53. The van der Waals surface area contributed by atoms with E-state index in [0.29, 0.717) is 12.0 Å². The van der Waals surface area contributed by atoms with Crippen molar-refractivity contribution in [1.82, 2.24) is 10.2 Å². The second-order valence-electron chi connectivity index (χ2n) is 6.21. The van der Waals surface area contributed by atoms with Gasteiger partial charge in [-0.05, 0) is 62.9 Å². The molecule has 0 amide bonds. The maximum Gasteiger partial charge on any atom is 0.126 e. The van der Waals surface area contributed by atoms with Crippen molar-refractivity contribution in [3.8, 4) is 0 Å². The van der Waals surface area contributed by atoms with Gasteiger partial charge in [0.15, 0.2) is 0 Å². The third kappa shape index (κ3) is 3.18. The van der Waals surface area contributed by atoms with Crippen LogP contribution in [0.3, 0.4) is 0 Å². The highest BCUT2D eigenvalue weighted by molar-refractivity contribution is 5.23. The van der Waals surface area contributed by atoms with Crippen LogP contribution in [0.25, 0.3) is 0 Å². The molecule has 2 nitrogen and oxygen atoms in total. The summed E-state index contributed by atoms with van der Waals surface area (Å²) in [5.74, 6) is -0.531. The van der Waals surface area contributed by atoms with E-state index in [4.69, 9.17) is 0 Å². The van der Waals surface area contributed by atoms with Crippen LogP contribution in [0.15, 0.2) is 18.2 Å². The van der Waals surface area contributed by atoms with Crippen molar-refractivity contribution in [2.75, 3.05) is 20.1 Å². The van der Waals surface area contributed by atoms with E-state index >= 15 is 0 Å². The van der Waals surface area contributed by atoms with Crippen LogP contribution < -0.4 is 5.32 Å². The Labute approximate surface area is 119 Å². The Morgan fingerprint density at radius 3 is 2.50 bits per heavy atom. The van der Waals surface area contributed by atoms with E-state index in [2.05, 4.69) is 17.3 Å². The zero-order chi connectivity index (χ0) is 14.1. The molecule has 1 aliphatic carbocycles. The summed E-state index contributed by atoms with van der Waals surface area (Å²) >= 11 is 0. The second kappa shape index (κ2) is 5.78. The lowest BCUT2D eigenvalue weighted by molar-refractivity contribution is 0.119. The van der Waals surface area contributed by atoms with E-state index < -0.39 is 11.6 Å². The van der Waals surface area contributed by atoms with Crippen LogP contribution in [0.1, 0.15) is 37.3 Å². The van der Waals surface area contributed by atoms with Gasteiger partial charge in [0, 0.05) is 24.7 Å². The third-order valence-corrected chi connectivity index (χ3v) is 4.48. The highest BCUT2D eigenvalue weighted by atomic mass is 19.1. The smallest absolute Gasteiger partial charge is 0.126 e. The van der Waals surface area contributed by atoms with E-state index in [0.717, 1.165) is 37.6 Å². The number of nitrogens with one attached hydrogen (secondary N) is 1. The van der Waals surface area contributed by atoms with E-state index in [1.165, 1.54) is 25.0 Å². The molecule has 2 fully saturated rings. The van der Waals surface area contributed by atoms with Gasteiger partial charge in [-0.3, -0.25) is 4.90 Å². The van der Waals surface area contributed by atoms with Gasteiger partial charge in [0.05, 0.1) is 0 Å². The summed E-state index contributed by atoms with van der Waals surface area (Å²) in [4.78, 5) is 2.23. The minimum absolute atomic E-state index is 0.111. The van der Waals surface area contributed by atoms with Crippen LogP contribution >= 0.6 is 0 Å². The van der Waals surface area contributed by atoms with Crippen molar-refractivity contribution in [1.29, 1.82) is 0 Å². The van der Waals surface area contributed by atoms with Gasteiger partial charge in [0.2, 0.25) is 0 Å². The Morgan fingerprint density at radius 2 is 1.85 bits per heavy atom. The molecule has 1 aromatic rings. The summed E-state index contributed by atoms with van der Waals surface area (Å²) in [5, 5.41) is 3.56. The fourth-order valence-corrected chi connectivity index (χ4v) is 3.35. The molecule has 0 spiro atoms. The minimum Gasteiger partial charge on any atom is -0.314 e. The average molecular weight is 280 g/mol. The molecule has 110 valence electrons. The number of benzene rings is 1. The van der Waals surface area contributed by atoms with E-state index in [9.17, 15) is 8.78 Å². The standard InChI is InChI=1S/C16H22F2N2/c1-20-6-2-3-11(10-19-15-4-5-15)16(20)12-7-13(17)9-14(18)8-12/h7-9,11,15-16,19H,2-6,10H2,1H3. The molecule has 1 heterocycles. The van der Waals surface area contributed by atoms with Crippen molar-refractivity contribution in [2.24, 2.45) is 5.92 Å². The largest absolute Gasteiger partial charge is 0.314 e. The number of nitrogens with zero attached hydrogens (tertiary/aromatic N) is 1. The molecule has 1 aromatic carbocycles. The van der Waals surface area contributed by atoms with E-state index in [1.54, 1.807) is 0 Å². The maximum absolute atomic E-state index is 13.5. The fourth-order valence-electron chi connectivity index (χ4n) is 3.35. The highest BCUT2D eigenvalue weighted by Crippen LogP contribution is 2.35. The summed E-state index contributed by atoms with van der Waals surface area (Å²) in [7, 11) is 2.05. The summed E-state index contributed by atoms with van der Waals surface area (Å²) < 4.78 is 27.0. The summed E-state index contributed by atoms with van der Waals surface area (Å²) in [6, 6.07) is 4.70. The fraction of sp³-hybridized carbons (Fsp3) is 0.625. The maximum atomic E-state index is 13.5. The number of halogens is 2. The molecule has 4 heteroatoms. The van der Waals surface area contributed by atoms with Crippen molar-refractivity contribution in [2.45, 2.75) is 37.8 Å². The van der Waals surface area contributed by atoms with Crippen molar-refractivity contribution < 1.29 is 8.78 Å². The molecule has 3 rings (SSSR count). The summed E-state index contributed by atoms with van der Waals surface area (Å²) in [5.41, 5.74) is 0.771. The van der Waals surface area contributed by atoms with Crippen LogP contribution in [0.4, 0.5) is 8.78 Å². The Kier molecular flexibility index (Phi) is 4.03. The van der Waals surface area contributed by atoms with Crippen LogP contribution in [0.2, 0.25) is 0 Å². The lowest BCUT2D eigenvalue weighted by Crippen LogP contribution is -2.41. The third-order valence-electron chi connectivity index (χ3n) is 4.48. The van der Waals surface area contributed by atoms with Crippen molar-refractivity contribution in [3.05, 3.63) is 35.4 Å². The highest BCUT2D eigenvalue weighted by Gasteiger charge is 2.32. The van der Waals surface area contributed by atoms with Gasteiger partial charge in [-0.1, -0.05) is 0 Å². The van der Waals surface area contributed by atoms with Crippen LogP contribution in [-0.2, 0) is 0 Å². The molecule has 1 aliphatic heterocycles. The lowest BCUT2D eigenvalue weighted by Gasteiger charge is -2.40. The predicted octanol–water partition coefficient (Wildman–Crippen LogP) is 3.10. The molecular weight excluding hydrogens is 258 g/mol. The summed E-state index contributed by atoms with van der Waals surface area (Å²) in [6.07, 6.45) is 4.80. The second-order valence-corrected chi connectivity index (χ2v) is 6.21. The molecule has 2 unspecified atom stereocenters. The molecule has 20 heavy (non-hydrogen) atoms. The van der Waals surface area contributed by atoms with Gasteiger partial charge >= 0.3 is 0 Å². The molecule has 0 bridgehead atoms. The van der Waals surface area contributed by atoms with Gasteiger partial charge in [-0.2, -0.15) is 0 Å². The minimum atomic E-state index is -0.479. The average Bonchev–Trinajstić information content (AvgIpc) is 3.19. The number of rotatable bonds is 4. The first-order chi connectivity index (χ1) is 9.63. The van der Waals surface area contributed by atoms with Gasteiger partial charge in [-0.25, -0.2) is 8.78 Å². The topological polar surface area (TPSA) is 15.3 Å². The predicted molar refractivity (Wildman–Crippen MR) is 75.5 cm³/mol. The van der Waals surface area contributed by atoms with Crippen LogP contribution in [-0.4, -0.2) is 31.1 Å². The zero-order valence-corrected chi connectivity index (χ0v) is 11.9. The van der Waals surface area contributed by atoms with E-state index in [1.807, 2.05) is 0 Å². The number of likely N-dealkylation sites (tertiary alicyclic amines) is 1. The Morgan fingerprint density at radius 1 is 1.15 bits per heavy atom. The van der Waals surface area contributed by atoms with Crippen LogP contribution in [0.5, 0.6) is 0 Å². The van der Waals surface area contributed by atoms with Gasteiger partial charge < -0.3 is 5.32 Å². The molecule has 2 atom stereocenters. The lowest BCUT2D eigenvalue weighted by atomic mass is 9.84. The number of piperidine rings is 1. The van der Waals surface area contributed by atoms with Crippen molar-refractivity contribution >= 4 is 0 Å². The molecule has 1 saturated carbocycles.